The zero-order chi connectivity index (χ0) is 14.5. The molecule has 1 saturated heterocycles. The van der Waals surface area contributed by atoms with Crippen LogP contribution in [0.2, 0.25) is 6.32 Å². The minimum atomic E-state index is 0.490. The molecule has 1 aromatic carbocycles. The monoisotopic (exact) mass is 273 g/mol. The third-order valence-corrected chi connectivity index (χ3v) is 3.97. The van der Waals surface area contributed by atoms with Crippen LogP contribution in [0.1, 0.15) is 16.7 Å². The van der Waals surface area contributed by atoms with Gasteiger partial charge in [0.1, 0.15) is 13.6 Å². The van der Waals surface area contributed by atoms with Crippen LogP contribution >= 0.6 is 0 Å². The average molecular weight is 273 g/mol. The van der Waals surface area contributed by atoms with Crippen molar-refractivity contribution in [2.24, 2.45) is 11.7 Å². The third kappa shape index (κ3) is 3.28. The van der Waals surface area contributed by atoms with Gasteiger partial charge in [-0.15, -0.1) is 0 Å². The van der Waals surface area contributed by atoms with Crippen LogP contribution in [0.4, 0.5) is 0 Å². The Bertz CT molecular complexity index is 484. The fourth-order valence-corrected chi connectivity index (χ4v) is 2.75. The highest BCUT2D eigenvalue weighted by Gasteiger charge is 2.26. The van der Waals surface area contributed by atoms with E-state index in [4.69, 9.17) is 5.73 Å². The Morgan fingerprint density at radius 3 is 2.80 bits per heavy atom. The minimum absolute atomic E-state index is 0.490. The van der Waals surface area contributed by atoms with E-state index in [1.165, 1.54) is 11.8 Å². The quantitative estimate of drug-likeness (QED) is 0.668. The fraction of sp³-hybridized carbons (Fsp3) is 0.467. The fourth-order valence-electron chi connectivity index (χ4n) is 2.75. The number of nitrogens with zero attached hydrogens (tertiary/aromatic N) is 1. The molecule has 1 heterocycles. The van der Waals surface area contributed by atoms with Gasteiger partial charge in [-0.1, -0.05) is 18.5 Å². The molecule has 5 heteroatoms. The molecule has 108 valence electrons. The molecule has 0 amide bonds. The number of aryl methyl sites for hydroxylation is 1. The Labute approximate surface area is 122 Å². The van der Waals surface area contributed by atoms with Crippen molar-refractivity contribution in [2.75, 3.05) is 13.1 Å². The maximum Gasteiger partial charge on any atom is 0.121 e. The molecule has 2 rings (SSSR count). The van der Waals surface area contributed by atoms with E-state index in [0.29, 0.717) is 11.7 Å². The zero-order valence-corrected chi connectivity index (χ0v) is 12.4. The van der Waals surface area contributed by atoms with Gasteiger partial charge < -0.3 is 16.3 Å². The summed E-state index contributed by atoms with van der Waals surface area (Å²) in [7, 11) is 2.13. The van der Waals surface area contributed by atoms with Crippen LogP contribution in [0.25, 0.3) is 0 Å². The minimum Gasteiger partial charge on any atom is -0.507 e. The Morgan fingerprint density at radius 1 is 1.45 bits per heavy atom. The first-order valence-corrected chi connectivity index (χ1v) is 7.33. The molecule has 0 spiro atoms. The van der Waals surface area contributed by atoms with Crippen molar-refractivity contribution in [2.45, 2.75) is 26.1 Å². The SMILES string of the molecule is BCCc1ccc(CC2CN(N/C=C\N)C2)c(C)c1O. The number of nitrogens with one attached hydrogen (secondary N) is 1. The molecule has 0 atom stereocenters. The van der Waals surface area contributed by atoms with Crippen molar-refractivity contribution < 1.29 is 5.11 Å². The number of phenols is 1. The van der Waals surface area contributed by atoms with E-state index < -0.39 is 0 Å². The van der Waals surface area contributed by atoms with Gasteiger partial charge in [-0.2, -0.15) is 0 Å². The number of nitrogens with two attached hydrogens (primary N) is 1. The lowest BCUT2D eigenvalue weighted by molar-refractivity contribution is 0.0631. The summed E-state index contributed by atoms with van der Waals surface area (Å²) in [5.74, 6) is 1.13. The summed E-state index contributed by atoms with van der Waals surface area (Å²) in [6.45, 7) is 4.05. The second kappa shape index (κ2) is 6.70. The van der Waals surface area contributed by atoms with Crippen LogP contribution < -0.4 is 11.2 Å². The van der Waals surface area contributed by atoms with Gasteiger partial charge in [0.25, 0.3) is 0 Å². The first kappa shape index (κ1) is 14.8. The molecule has 1 aliphatic rings. The van der Waals surface area contributed by atoms with Crippen LogP contribution in [0.5, 0.6) is 5.75 Å². The number of hydrazine groups is 1. The number of benzene rings is 1. The highest BCUT2D eigenvalue weighted by Crippen LogP contribution is 2.29. The highest BCUT2D eigenvalue weighted by atomic mass is 16.3. The van der Waals surface area contributed by atoms with E-state index in [1.807, 2.05) is 6.92 Å². The summed E-state index contributed by atoms with van der Waals surface area (Å²) in [6.07, 6.45) is 6.27. The predicted octanol–water partition coefficient (Wildman–Crippen LogP) is 0.703. The molecule has 0 bridgehead atoms. The molecule has 20 heavy (non-hydrogen) atoms. The van der Waals surface area contributed by atoms with Crippen LogP contribution in [0, 0.1) is 12.8 Å². The summed E-state index contributed by atoms with van der Waals surface area (Å²) >= 11 is 0. The second-order valence-corrected chi connectivity index (χ2v) is 5.57. The van der Waals surface area contributed by atoms with Gasteiger partial charge in [0, 0.05) is 25.5 Å². The standard InChI is InChI=1S/C15H24BN3O/c1-11-14(3-2-13(4-5-16)15(11)20)8-12-9-19(10-12)18-7-6-17/h2-3,6-7,12,18,20H,4-5,8-10,16-17H2,1H3/b7-6-. The molecule has 1 fully saturated rings. The summed E-state index contributed by atoms with van der Waals surface area (Å²) in [4.78, 5) is 0. The Kier molecular flexibility index (Phi) is 4.96. The largest absolute Gasteiger partial charge is 0.507 e. The molecule has 0 unspecified atom stereocenters. The van der Waals surface area contributed by atoms with Crippen molar-refractivity contribution in [1.82, 2.24) is 10.4 Å². The first-order chi connectivity index (χ1) is 9.65. The molecule has 0 aliphatic carbocycles. The molecular weight excluding hydrogens is 249 g/mol. The van der Waals surface area contributed by atoms with Gasteiger partial charge in [0.05, 0.1) is 0 Å². The van der Waals surface area contributed by atoms with E-state index in [-0.39, 0.29) is 0 Å². The maximum absolute atomic E-state index is 10.2. The number of hydrogen-bond donors (Lipinski definition) is 3. The van der Waals surface area contributed by atoms with Crippen molar-refractivity contribution >= 4 is 7.85 Å². The molecule has 4 nitrogen and oxygen atoms in total. The summed E-state index contributed by atoms with van der Waals surface area (Å²) in [5, 5.41) is 12.4. The van der Waals surface area contributed by atoms with Crippen molar-refractivity contribution in [3.63, 3.8) is 0 Å². The van der Waals surface area contributed by atoms with Gasteiger partial charge in [-0.3, -0.25) is 0 Å². The molecule has 0 radical (unpaired) electrons. The molecule has 1 aromatic rings. The normalized spacial score (nSPS) is 16.4. The Hall–Kier alpha value is -1.62. The maximum atomic E-state index is 10.2. The van der Waals surface area contributed by atoms with Gasteiger partial charge in [0.15, 0.2) is 0 Å². The van der Waals surface area contributed by atoms with E-state index in [9.17, 15) is 5.11 Å². The lowest BCUT2D eigenvalue weighted by Crippen LogP contribution is -2.53. The van der Waals surface area contributed by atoms with Crippen LogP contribution in [-0.2, 0) is 12.8 Å². The summed E-state index contributed by atoms with van der Waals surface area (Å²) in [5.41, 5.74) is 11.8. The van der Waals surface area contributed by atoms with Gasteiger partial charge in [-0.05, 0) is 42.4 Å². The summed E-state index contributed by atoms with van der Waals surface area (Å²) in [6, 6.07) is 4.25. The van der Waals surface area contributed by atoms with E-state index in [1.54, 1.807) is 6.20 Å². The first-order valence-electron chi connectivity index (χ1n) is 7.33. The average Bonchev–Trinajstić information content (AvgIpc) is 2.40. The van der Waals surface area contributed by atoms with E-state index in [2.05, 4.69) is 30.4 Å². The third-order valence-electron chi connectivity index (χ3n) is 3.97. The number of rotatable bonds is 6. The van der Waals surface area contributed by atoms with Gasteiger partial charge in [-0.25, -0.2) is 5.01 Å². The molecule has 1 aliphatic heterocycles. The number of phenolic OH excluding ortho intramolecular Hbond substituents is 1. The highest BCUT2D eigenvalue weighted by molar-refractivity contribution is 6.08. The van der Waals surface area contributed by atoms with Gasteiger partial charge in [0.2, 0.25) is 0 Å². The number of hydrogen-bond acceptors (Lipinski definition) is 4. The Morgan fingerprint density at radius 2 is 2.15 bits per heavy atom. The number of aromatic hydroxyl groups is 1. The molecular formula is C15H24BN3O. The van der Waals surface area contributed by atoms with Crippen molar-refractivity contribution in [1.29, 1.82) is 0 Å². The van der Waals surface area contributed by atoms with Gasteiger partial charge >= 0.3 is 0 Å². The van der Waals surface area contributed by atoms with E-state index >= 15 is 0 Å². The summed E-state index contributed by atoms with van der Waals surface area (Å²) < 4.78 is 0. The van der Waals surface area contributed by atoms with Crippen LogP contribution in [-0.4, -0.2) is 31.1 Å². The zero-order valence-electron chi connectivity index (χ0n) is 12.4. The lowest BCUT2D eigenvalue weighted by atomic mass is 9.88. The van der Waals surface area contributed by atoms with Crippen molar-refractivity contribution in [3.05, 3.63) is 41.2 Å². The topological polar surface area (TPSA) is 61.5 Å². The Balaban J connectivity index is 1.93. The second-order valence-electron chi connectivity index (χ2n) is 5.57. The van der Waals surface area contributed by atoms with Crippen LogP contribution in [0.3, 0.4) is 0 Å². The van der Waals surface area contributed by atoms with Crippen LogP contribution in [0.15, 0.2) is 24.5 Å². The lowest BCUT2D eigenvalue weighted by Gasteiger charge is -2.39. The molecule has 4 N–H and O–H groups in total. The molecule has 0 aromatic heterocycles. The predicted molar refractivity (Wildman–Crippen MR) is 85.1 cm³/mol. The molecule has 0 saturated carbocycles. The smallest absolute Gasteiger partial charge is 0.121 e. The van der Waals surface area contributed by atoms with E-state index in [0.717, 1.165) is 43.4 Å². The van der Waals surface area contributed by atoms with Crippen molar-refractivity contribution in [3.8, 4) is 5.75 Å².